The molecule has 0 bridgehead atoms. The molecule has 1 fully saturated rings. The molecule has 1 aromatic heterocycles. The third-order valence-electron chi connectivity index (χ3n) is 6.89. The third-order valence-corrected chi connectivity index (χ3v) is 7.38. The van der Waals surface area contributed by atoms with Crippen LogP contribution in [0.4, 0.5) is 17.1 Å². The van der Waals surface area contributed by atoms with Gasteiger partial charge >= 0.3 is 5.97 Å². The molecule has 1 atom stereocenters. The van der Waals surface area contributed by atoms with Gasteiger partial charge in [-0.1, -0.05) is 22.0 Å². The number of likely N-dealkylation sites (tertiary alicyclic amines) is 1. The number of rotatable bonds is 12. The van der Waals surface area contributed by atoms with Gasteiger partial charge in [-0.15, -0.1) is 0 Å². The van der Waals surface area contributed by atoms with Gasteiger partial charge in [0, 0.05) is 53.1 Å². The highest BCUT2D eigenvalue weighted by Gasteiger charge is 2.31. The number of ether oxygens (including phenoxy) is 2. The summed E-state index contributed by atoms with van der Waals surface area (Å²) in [5.74, 6) is -0.771. The van der Waals surface area contributed by atoms with E-state index in [0.717, 1.165) is 41.7 Å². The standard InChI is InChI=1S/C31H33BrN6O5/c1-3-43-31(41)26-9-5-13-38(26)14-6-12-34-28(39)10-11-29(40)37-25-16-23-24(17-27(25)42-2)35-19-20(18-33)30(23)36-22-8-4-7-21(32)15-22/h4,7-8,10-11,15-17,19,26H,3,5-6,9,12-14H2,1-2H3,(H,34,39)(H,35,36)(H,37,40)/b11-10+. The monoisotopic (exact) mass is 648 g/mol. The van der Waals surface area contributed by atoms with Gasteiger partial charge in [0.1, 0.15) is 17.9 Å². The summed E-state index contributed by atoms with van der Waals surface area (Å²) in [4.78, 5) is 43.6. The first-order valence-electron chi connectivity index (χ1n) is 13.9. The summed E-state index contributed by atoms with van der Waals surface area (Å²) in [6.45, 7) is 4.04. The molecule has 1 aliphatic rings. The lowest BCUT2D eigenvalue weighted by atomic mass is 10.1. The van der Waals surface area contributed by atoms with Crippen molar-refractivity contribution in [3.63, 3.8) is 0 Å². The second-order valence-corrected chi connectivity index (χ2v) is 10.7. The Morgan fingerprint density at radius 2 is 2.02 bits per heavy atom. The van der Waals surface area contributed by atoms with Gasteiger partial charge in [0.05, 0.1) is 36.2 Å². The molecule has 2 aromatic carbocycles. The minimum Gasteiger partial charge on any atom is -0.494 e. The molecule has 3 aromatic rings. The lowest BCUT2D eigenvalue weighted by Gasteiger charge is -2.22. The van der Waals surface area contributed by atoms with Gasteiger partial charge in [0.15, 0.2) is 0 Å². The van der Waals surface area contributed by atoms with E-state index in [0.29, 0.717) is 59.7 Å². The number of esters is 1. The van der Waals surface area contributed by atoms with Gasteiger partial charge in [-0.25, -0.2) is 0 Å². The average molecular weight is 650 g/mol. The number of nitrogens with one attached hydrogen (secondary N) is 3. The molecule has 2 heterocycles. The van der Waals surface area contributed by atoms with Crippen LogP contribution in [0, 0.1) is 11.3 Å². The van der Waals surface area contributed by atoms with E-state index in [-0.39, 0.29) is 12.0 Å². The van der Waals surface area contributed by atoms with Crippen LogP contribution in [0.3, 0.4) is 0 Å². The lowest BCUT2D eigenvalue weighted by molar-refractivity contribution is -0.148. The zero-order valence-corrected chi connectivity index (χ0v) is 25.6. The molecule has 2 amide bonds. The summed E-state index contributed by atoms with van der Waals surface area (Å²) in [6.07, 6.45) is 6.16. The number of anilines is 3. The number of methoxy groups -OCH3 is 1. The maximum atomic E-state index is 12.7. The first-order chi connectivity index (χ1) is 20.8. The highest BCUT2D eigenvalue weighted by Crippen LogP contribution is 2.36. The van der Waals surface area contributed by atoms with Gasteiger partial charge in [0.2, 0.25) is 11.8 Å². The molecule has 11 nitrogen and oxygen atoms in total. The molecule has 12 heteroatoms. The molecule has 0 saturated carbocycles. The molecule has 1 saturated heterocycles. The van der Waals surface area contributed by atoms with Crippen molar-refractivity contribution in [2.45, 2.75) is 32.2 Å². The van der Waals surface area contributed by atoms with Gasteiger partial charge in [0.25, 0.3) is 0 Å². The molecule has 1 aliphatic heterocycles. The summed E-state index contributed by atoms with van der Waals surface area (Å²) in [5.41, 5.74) is 2.52. The second kappa shape index (κ2) is 15.1. The van der Waals surface area contributed by atoms with Crippen molar-refractivity contribution in [2.75, 3.05) is 44.0 Å². The number of fused-ring (bicyclic) bond motifs is 1. The Labute approximate surface area is 258 Å². The molecule has 0 radical (unpaired) electrons. The summed E-state index contributed by atoms with van der Waals surface area (Å²) in [7, 11) is 1.47. The zero-order valence-electron chi connectivity index (χ0n) is 24.0. The van der Waals surface area contributed by atoms with E-state index in [1.54, 1.807) is 19.1 Å². The Balaban J connectivity index is 1.39. The fourth-order valence-electron chi connectivity index (χ4n) is 4.89. The molecule has 0 spiro atoms. The average Bonchev–Trinajstić information content (AvgIpc) is 3.47. The number of nitrogens with zero attached hydrogens (tertiary/aromatic N) is 3. The van der Waals surface area contributed by atoms with E-state index in [2.05, 4.69) is 47.8 Å². The zero-order chi connectivity index (χ0) is 30.8. The molecule has 4 rings (SSSR count). The van der Waals surface area contributed by atoms with E-state index in [1.807, 2.05) is 24.3 Å². The van der Waals surface area contributed by atoms with Crippen LogP contribution in [0.25, 0.3) is 10.9 Å². The maximum absolute atomic E-state index is 12.7. The molecule has 43 heavy (non-hydrogen) atoms. The van der Waals surface area contributed by atoms with Crippen LogP contribution >= 0.6 is 15.9 Å². The molecule has 1 unspecified atom stereocenters. The van der Waals surface area contributed by atoms with Gasteiger partial charge < -0.3 is 25.4 Å². The molecule has 0 aliphatic carbocycles. The normalized spacial score (nSPS) is 14.8. The quantitative estimate of drug-likeness (QED) is 0.145. The van der Waals surface area contributed by atoms with Crippen LogP contribution < -0.4 is 20.7 Å². The van der Waals surface area contributed by atoms with Crippen molar-refractivity contribution in [3.05, 3.63) is 64.8 Å². The van der Waals surface area contributed by atoms with Gasteiger partial charge in [-0.2, -0.15) is 5.26 Å². The number of hydrogen-bond acceptors (Lipinski definition) is 9. The number of aromatic nitrogens is 1. The molecule has 224 valence electrons. The van der Waals surface area contributed by atoms with Crippen LogP contribution in [0.15, 0.2) is 59.2 Å². The Morgan fingerprint density at radius 3 is 2.77 bits per heavy atom. The third kappa shape index (κ3) is 8.30. The number of hydrogen-bond donors (Lipinski definition) is 3. The number of carbonyl (C=O) groups is 3. The number of pyridine rings is 1. The van der Waals surface area contributed by atoms with Crippen molar-refractivity contribution in [2.24, 2.45) is 0 Å². The summed E-state index contributed by atoms with van der Waals surface area (Å²) in [5, 5.41) is 19.1. The largest absolute Gasteiger partial charge is 0.494 e. The summed E-state index contributed by atoms with van der Waals surface area (Å²) < 4.78 is 11.5. The number of halogens is 1. The second-order valence-electron chi connectivity index (χ2n) is 9.78. The van der Waals surface area contributed by atoms with Crippen molar-refractivity contribution in [1.82, 2.24) is 15.2 Å². The Bertz CT molecular complexity index is 1570. The first kappa shape index (κ1) is 31.5. The highest BCUT2D eigenvalue weighted by molar-refractivity contribution is 9.10. The summed E-state index contributed by atoms with van der Waals surface area (Å²) >= 11 is 3.45. The van der Waals surface area contributed by atoms with Gasteiger partial charge in [-0.05, 0) is 57.0 Å². The van der Waals surface area contributed by atoms with Crippen LogP contribution in [-0.2, 0) is 19.1 Å². The number of carbonyl (C=O) groups excluding carboxylic acids is 3. The Hall–Kier alpha value is -4.47. The highest BCUT2D eigenvalue weighted by atomic mass is 79.9. The van der Waals surface area contributed by atoms with E-state index in [9.17, 15) is 19.6 Å². The van der Waals surface area contributed by atoms with Crippen LogP contribution in [0.2, 0.25) is 0 Å². The smallest absolute Gasteiger partial charge is 0.323 e. The van der Waals surface area contributed by atoms with Crippen LogP contribution in [0.1, 0.15) is 31.7 Å². The SMILES string of the molecule is CCOC(=O)C1CCCN1CCCNC(=O)/C=C/C(=O)Nc1cc2c(Nc3cccc(Br)c3)c(C#N)cnc2cc1OC. The minimum absolute atomic E-state index is 0.195. The molecular weight excluding hydrogens is 616 g/mol. The summed E-state index contributed by atoms with van der Waals surface area (Å²) in [6, 6.07) is 12.8. The number of benzene rings is 2. The predicted molar refractivity (Wildman–Crippen MR) is 167 cm³/mol. The number of nitriles is 1. The molecular formula is C31H33BrN6O5. The van der Waals surface area contributed by atoms with E-state index < -0.39 is 11.8 Å². The van der Waals surface area contributed by atoms with Crippen molar-refractivity contribution in [3.8, 4) is 11.8 Å². The number of amides is 2. The van der Waals surface area contributed by atoms with Gasteiger partial charge in [-0.3, -0.25) is 24.3 Å². The van der Waals surface area contributed by atoms with Crippen molar-refractivity contribution in [1.29, 1.82) is 5.26 Å². The fraction of sp³-hybridized carbons (Fsp3) is 0.323. The van der Waals surface area contributed by atoms with E-state index in [1.165, 1.54) is 13.3 Å². The minimum atomic E-state index is -0.534. The topological polar surface area (TPSA) is 146 Å². The van der Waals surface area contributed by atoms with Crippen molar-refractivity contribution < 1.29 is 23.9 Å². The predicted octanol–water partition coefficient (Wildman–Crippen LogP) is 4.65. The van der Waals surface area contributed by atoms with Crippen LogP contribution in [0.5, 0.6) is 5.75 Å². The first-order valence-corrected chi connectivity index (χ1v) is 14.7. The van der Waals surface area contributed by atoms with Crippen molar-refractivity contribution >= 4 is 61.7 Å². The van der Waals surface area contributed by atoms with E-state index >= 15 is 0 Å². The fourth-order valence-corrected chi connectivity index (χ4v) is 5.29. The molecule has 3 N–H and O–H groups in total. The maximum Gasteiger partial charge on any atom is 0.323 e. The Kier molecular flexibility index (Phi) is 11.1. The lowest BCUT2D eigenvalue weighted by Crippen LogP contribution is -2.39. The van der Waals surface area contributed by atoms with Crippen LogP contribution in [-0.4, -0.2) is 67.1 Å². The Morgan fingerprint density at radius 1 is 1.21 bits per heavy atom. The van der Waals surface area contributed by atoms with E-state index in [4.69, 9.17) is 9.47 Å².